The molecule has 0 atom stereocenters. The summed E-state index contributed by atoms with van der Waals surface area (Å²) in [5.41, 5.74) is 0. The Bertz CT molecular complexity index is 702. The number of carbonyl (C=O) groups is 3. The van der Waals surface area contributed by atoms with Crippen LogP contribution in [-0.2, 0) is 4.79 Å². The third-order valence-electron chi connectivity index (χ3n) is 4.01. The molecular formula is C17H18N2O3S2. The van der Waals surface area contributed by atoms with Crippen molar-refractivity contribution in [2.75, 3.05) is 26.2 Å². The van der Waals surface area contributed by atoms with Crippen molar-refractivity contribution in [3.05, 3.63) is 44.8 Å². The predicted molar refractivity (Wildman–Crippen MR) is 94.7 cm³/mol. The van der Waals surface area contributed by atoms with Crippen LogP contribution in [0.4, 0.5) is 0 Å². The maximum absolute atomic E-state index is 12.3. The van der Waals surface area contributed by atoms with Crippen LogP contribution < -0.4 is 0 Å². The zero-order valence-corrected chi connectivity index (χ0v) is 14.8. The van der Waals surface area contributed by atoms with Gasteiger partial charge in [-0.05, 0) is 22.9 Å². The van der Waals surface area contributed by atoms with Gasteiger partial charge in [0, 0.05) is 39.0 Å². The van der Waals surface area contributed by atoms with Crippen molar-refractivity contribution in [1.82, 2.24) is 9.80 Å². The minimum atomic E-state index is -0.0110. The van der Waals surface area contributed by atoms with Gasteiger partial charge in [-0.3, -0.25) is 14.4 Å². The van der Waals surface area contributed by atoms with Crippen molar-refractivity contribution < 1.29 is 14.4 Å². The number of ketones is 1. The normalized spacial score (nSPS) is 14.7. The molecule has 0 spiro atoms. The van der Waals surface area contributed by atoms with Crippen LogP contribution in [0.1, 0.15) is 32.2 Å². The van der Waals surface area contributed by atoms with Gasteiger partial charge in [0.1, 0.15) is 0 Å². The summed E-state index contributed by atoms with van der Waals surface area (Å²) in [5.74, 6) is 0.0398. The summed E-state index contributed by atoms with van der Waals surface area (Å²) in [6.07, 6.45) is 0.475. The third kappa shape index (κ3) is 3.91. The van der Waals surface area contributed by atoms with E-state index >= 15 is 0 Å². The maximum atomic E-state index is 12.3. The molecule has 0 radical (unpaired) electrons. The Balaban J connectivity index is 1.45. The lowest BCUT2D eigenvalue weighted by molar-refractivity contribution is -0.132. The lowest BCUT2D eigenvalue weighted by Gasteiger charge is -2.34. The van der Waals surface area contributed by atoms with Crippen molar-refractivity contribution in [2.24, 2.45) is 0 Å². The fraction of sp³-hybridized carbons (Fsp3) is 0.353. The fourth-order valence-corrected chi connectivity index (χ4v) is 4.04. The first-order valence-electron chi connectivity index (χ1n) is 7.82. The van der Waals surface area contributed by atoms with Gasteiger partial charge in [-0.2, -0.15) is 0 Å². The second-order valence-electron chi connectivity index (χ2n) is 5.55. The number of hydrogen-bond donors (Lipinski definition) is 0. The van der Waals surface area contributed by atoms with Gasteiger partial charge in [-0.1, -0.05) is 12.1 Å². The van der Waals surface area contributed by atoms with E-state index in [1.165, 1.54) is 22.7 Å². The van der Waals surface area contributed by atoms with E-state index < -0.39 is 0 Å². The number of thiophene rings is 2. The molecule has 0 unspecified atom stereocenters. The minimum Gasteiger partial charge on any atom is -0.339 e. The van der Waals surface area contributed by atoms with E-state index in [0.29, 0.717) is 31.1 Å². The predicted octanol–water partition coefficient (Wildman–Crippen LogP) is 2.76. The Hall–Kier alpha value is -1.99. The molecular weight excluding hydrogens is 344 g/mol. The van der Waals surface area contributed by atoms with E-state index in [0.717, 1.165) is 4.88 Å². The monoisotopic (exact) mass is 362 g/mol. The largest absolute Gasteiger partial charge is 0.339 e. The molecule has 5 nitrogen and oxygen atoms in total. The van der Waals surface area contributed by atoms with Crippen molar-refractivity contribution in [3.63, 3.8) is 0 Å². The van der Waals surface area contributed by atoms with Crippen LogP contribution in [0.25, 0.3) is 0 Å². The molecule has 0 N–H and O–H groups in total. The van der Waals surface area contributed by atoms with Gasteiger partial charge in [-0.25, -0.2) is 0 Å². The summed E-state index contributed by atoms with van der Waals surface area (Å²) in [4.78, 5) is 41.4. The van der Waals surface area contributed by atoms with Crippen molar-refractivity contribution in [1.29, 1.82) is 0 Å². The van der Waals surface area contributed by atoms with Gasteiger partial charge in [0.25, 0.3) is 5.91 Å². The highest BCUT2D eigenvalue weighted by Gasteiger charge is 2.25. The number of carbonyl (C=O) groups excluding carboxylic acids is 3. The molecule has 0 aliphatic carbocycles. The van der Waals surface area contributed by atoms with Crippen LogP contribution in [0, 0.1) is 0 Å². The number of hydrogen-bond acceptors (Lipinski definition) is 5. The molecule has 1 aliphatic rings. The van der Waals surface area contributed by atoms with Crippen LogP contribution in [-0.4, -0.2) is 53.6 Å². The van der Waals surface area contributed by atoms with E-state index in [9.17, 15) is 14.4 Å². The molecule has 2 amide bonds. The summed E-state index contributed by atoms with van der Waals surface area (Å²) in [5, 5.41) is 3.75. The van der Waals surface area contributed by atoms with Gasteiger partial charge in [0.2, 0.25) is 5.91 Å². The van der Waals surface area contributed by atoms with Crippen molar-refractivity contribution in [3.8, 4) is 0 Å². The number of Topliss-reactive ketones (excluding diaryl/α,β-unsaturated/α-hetero) is 1. The molecule has 0 aromatic carbocycles. The highest BCUT2D eigenvalue weighted by molar-refractivity contribution is 7.12. The molecule has 3 heterocycles. The molecule has 24 heavy (non-hydrogen) atoms. The number of nitrogens with zero attached hydrogens (tertiary/aromatic N) is 2. The number of piperazine rings is 1. The van der Waals surface area contributed by atoms with E-state index in [-0.39, 0.29) is 30.4 Å². The Morgan fingerprint density at radius 1 is 0.833 bits per heavy atom. The Morgan fingerprint density at radius 3 is 2.00 bits per heavy atom. The zero-order chi connectivity index (χ0) is 16.9. The first-order chi connectivity index (χ1) is 11.6. The van der Waals surface area contributed by atoms with Gasteiger partial charge in [0.15, 0.2) is 5.78 Å². The average molecular weight is 362 g/mol. The first kappa shape index (κ1) is 16.9. The van der Waals surface area contributed by atoms with Crippen molar-refractivity contribution in [2.45, 2.75) is 12.8 Å². The van der Waals surface area contributed by atoms with Crippen LogP contribution in [0.5, 0.6) is 0 Å². The Labute approximate surface area is 148 Å². The summed E-state index contributed by atoms with van der Waals surface area (Å²) in [6.45, 7) is 2.15. The van der Waals surface area contributed by atoms with E-state index in [2.05, 4.69) is 0 Å². The third-order valence-corrected chi connectivity index (χ3v) is 5.78. The molecule has 3 rings (SSSR count). The molecule has 1 saturated heterocycles. The van der Waals surface area contributed by atoms with Crippen molar-refractivity contribution >= 4 is 40.3 Å². The molecule has 0 saturated carbocycles. The minimum absolute atomic E-state index is 0.0110. The molecule has 2 aromatic rings. The van der Waals surface area contributed by atoms with E-state index in [1.807, 2.05) is 29.0 Å². The van der Waals surface area contributed by atoms with E-state index in [1.54, 1.807) is 15.9 Å². The Morgan fingerprint density at radius 2 is 1.42 bits per heavy atom. The lowest BCUT2D eigenvalue weighted by Crippen LogP contribution is -2.50. The van der Waals surface area contributed by atoms with Crippen LogP contribution in [0.3, 0.4) is 0 Å². The summed E-state index contributed by atoms with van der Waals surface area (Å²) in [6, 6.07) is 7.30. The summed E-state index contributed by atoms with van der Waals surface area (Å²) >= 11 is 2.84. The summed E-state index contributed by atoms with van der Waals surface area (Å²) in [7, 11) is 0. The summed E-state index contributed by atoms with van der Waals surface area (Å²) < 4.78 is 0. The van der Waals surface area contributed by atoms with Gasteiger partial charge in [0.05, 0.1) is 9.75 Å². The molecule has 0 bridgehead atoms. The number of rotatable bonds is 5. The van der Waals surface area contributed by atoms with Crippen LogP contribution in [0.15, 0.2) is 35.0 Å². The lowest BCUT2D eigenvalue weighted by atomic mass is 10.1. The van der Waals surface area contributed by atoms with Crippen LogP contribution in [0.2, 0.25) is 0 Å². The molecule has 1 aliphatic heterocycles. The van der Waals surface area contributed by atoms with Crippen LogP contribution >= 0.6 is 22.7 Å². The van der Waals surface area contributed by atoms with Gasteiger partial charge < -0.3 is 9.80 Å². The topological polar surface area (TPSA) is 57.7 Å². The standard InChI is InChI=1S/C17H18N2O3S2/c20-13(14-3-1-11-23-14)5-6-16(21)18-7-9-19(10-8-18)17(22)15-4-2-12-24-15/h1-4,11-12H,5-10H2. The SMILES string of the molecule is O=C(CCC(=O)N1CCN(C(=O)c2cccs2)CC1)c1cccs1. The second-order valence-corrected chi connectivity index (χ2v) is 7.45. The average Bonchev–Trinajstić information content (AvgIpc) is 3.32. The Kier molecular flexibility index (Phi) is 5.42. The quantitative estimate of drug-likeness (QED) is 0.769. The van der Waals surface area contributed by atoms with Gasteiger partial charge in [-0.15, -0.1) is 22.7 Å². The van der Waals surface area contributed by atoms with E-state index in [4.69, 9.17) is 0 Å². The smallest absolute Gasteiger partial charge is 0.264 e. The number of amides is 2. The molecule has 2 aromatic heterocycles. The zero-order valence-electron chi connectivity index (χ0n) is 13.1. The second kappa shape index (κ2) is 7.72. The molecule has 1 fully saturated rings. The first-order valence-corrected chi connectivity index (χ1v) is 9.58. The highest BCUT2D eigenvalue weighted by atomic mass is 32.1. The highest BCUT2D eigenvalue weighted by Crippen LogP contribution is 2.16. The van der Waals surface area contributed by atoms with Gasteiger partial charge >= 0.3 is 0 Å². The fourth-order valence-electron chi connectivity index (χ4n) is 2.65. The molecule has 7 heteroatoms. The maximum Gasteiger partial charge on any atom is 0.264 e. The molecule has 126 valence electrons.